The predicted octanol–water partition coefficient (Wildman–Crippen LogP) is 4.53. The highest BCUT2D eigenvalue weighted by Crippen LogP contribution is 2.22. The molecular weight excluding hydrogens is 326 g/mol. The zero-order valence-corrected chi connectivity index (χ0v) is 14.1. The maximum atomic E-state index is 12.1. The number of rotatable bonds is 6. The normalized spacial score (nSPS) is 11.4. The van der Waals surface area contributed by atoms with Crippen molar-refractivity contribution >= 4 is 33.4 Å². The second-order valence-electron chi connectivity index (χ2n) is 5.60. The molecule has 106 valence electrons. The highest BCUT2D eigenvalue weighted by atomic mass is 79.9. The van der Waals surface area contributed by atoms with Gasteiger partial charge in [-0.1, -0.05) is 35.8 Å². The summed E-state index contributed by atoms with van der Waals surface area (Å²) in [5.41, 5.74) is 1.89. The molecule has 1 N–H and O–H groups in total. The van der Waals surface area contributed by atoms with E-state index in [-0.39, 0.29) is 11.3 Å². The minimum absolute atomic E-state index is 0.0281. The highest BCUT2D eigenvalue weighted by Gasteiger charge is 2.18. The minimum atomic E-state index is -0.0281. The van der Waals surface area contributed by atoms with Crippen LogP contribution in [0.3, 0.4) is 0 Å². The number of carbonyl (C=O) groups excluding carboxylic acids is 1. The Morgan fingerprint density at radius 2 is 2.11 bits per heavy atom. The van der Waals surface area contributed by atoms with Crippen LogP contribution in [-0.2, 0) is 0 Å². The molecule has 0 fully saturated rings. The molecule has 0 bridgehead atoms. The first kappa shape index (κ1) is 16.5. The van der Waals surface area contributed by atoms with Crippen molar-refractivity contribution < 1.29 is 4.79 Å². The lowest BCUT2D eigenvalue weighted by Gasteiger charge is -2.24. The number of alkyl halides is 1. The fourth-order valence-electron chi connectivity index (χ4n) is 1.79. The molecule has 0 aliphatic rings. The third kappa shape index (κ3) is 5.53. The van der Waals surface area contributed by atoms with Crippen molar-refractivity contribution in [3.8, 4) is 0 Å². The average Bonchev–Trinajstić information content (AvgIpc) is 2.37. The molecule has 1 aromatic rings. The van der Waals surface area contributed by atoms with Crippen LogP contribution in [0.25, 0.3) is 0 Å². The van der Waals surface area contributed by atoms with Gasteiger partial charge < -0.3 is 5.32 Å². The quantitative estimate of drug-likeness (QED) is 0.753. The molecule has 0 saturated heterocycles. The van der Waals surface area contributed by atoms with Crippen molar-refractivity contribution in [2.75, 3.05) is 12.4 Å². The maximum Gasteiger partial charge on any atom is 0.251 e. The summed E-state index contributed by atoms with van der Waals surface area (Å²) < 4.78 is 0.960. The van der Waals surface area contributed by atoms with E-state index >= 15 is 0 Å². The molecule has 1 aromatic carbocycles. The van der Waals surface area contributed by atoms with E-state index in [9.17, 15) is 4.79 Å². The molecule has 0 heterocycles. The lowest BCUT2D eigenvalue weighted by molar-refractivity contribution is 0.0934. The van der Waals surface area contributed by atoms with E-state index in [2.05, 4.69) is 35.1 Å². The second-order valence-corrected chi connectivity index (χ2v) is 6.84. The lowest BCUT2D eigenvalue weighted by Crippen LogP contribution is -2.34. The predicted molar refractivity (Wildman–Crippen MR) is 84.9 cm³/mol. The average molecular weight is 347 g/mol. The number of hydrogen-bond donors (Lipinski definition) is 1. The van der Waals surface area contributed by atoms with Gasteiger partial charge in [-0.05, 0) is 42.9 Å². The summed E-state index contributed by atoms with van der Waals surface area (Å²) >= 11 is 9.15. The standard InChI is InChI=1S/C15H21BrClNO/c1-11-5-6-12(9-13(11)16)14(19)18-10-15(2,3)7-4-8-17/h5-6,9H,4,7-8,10H2,1-3H3,(H,18,19). The Balaban J connectivity index is 2.57. The monoisotopic (exact) mass is 345 g/mol. The van der Waals surface area contributed by atoms with Crippen LogP contribution in [0.1, 0.15) is 42.6 Å². The van der Waals surface area contributed by atoms with Crippen molar-refractivity contribution in [2.24, 2.45) is 5.41 Å². The summed E-state index contributed by atoms with van der Waals surface area (Å²) in [7, 11) is 0. The Bertz CT molecular complexity index is 446. The minimum Gasteiger partial charge on any atom is -0.352 e. The summed E-state index contributed by atoms with van der Waals surface area (Å²) in [5.74, 6) is 0.641. The summed E-state index contributed by atoms with van der Waals surface area (Å²) in [6.07, 6.45) is 1.98. The Labute approximate surface area is 129 Å². The zero-order valence-electron chi connectivity index (χ0n) is 11.7. The van der Waals surface area contributed by atoms with Gasteiger partial charge in [0.1, 0.15) is 0 Å². The van der Waals surface area contributed by atoms with Crippen molar-refractivity contribution in [3.63, 3.8) is 0 Å². The summed E-state index contributed by atoms with van der Waals surface area (Å²) in [5, 5.41) is 2.99. The summed E-state index contributed by atoms with van der Waals surface area (Å²) in [6.45, 7) is 6.95. The Kier molecular flexibility index (Phi) is 6.34. The van der Waals surface area contributed by atoms with Gasteiger partial charge >= 0.3 is 0 Å². The fourth-order valence-corrected chi connectivity index (χ4v) is 2.30. The van der Waals surface area contributed by atoms with Crippen LogP contribution in [0, 0.1) is 12.3 Å². The molecule has 0 saturated carbocycles. The third-order valence-corrected chi connectivity index (χ3v) is 4.27. The molecule has 1 rings (SSSR count). The van der Waals surface area contributed by atoms with E-state index in [0.29, 0.717) is 18.0 Å². The first-order chi connectivity index (χ1) is 8.85. The second kappa shape index (κ2) is 7.30. The van der Waals surface area contributed by atoms with Crippen LogP contribution in [0.2, 0.25) is 0 Å². The van der Waals surface area contributed by atoms with E-state index in [4.69, 9.17) is 11.6 Å². The molecule has 0 radical (unpaired) electrons. The Hall–Kier alpha value is -0.540. The number of halogens is 2. The number of carbonyl (C=O) groups is 1. The summed E-state index contributed by atoms with van der Waals surface area (Å²) in [4.78, 5) is 12.1. The van der Waals surface area contributed by atoms with Gasteiger partial charge in [-0.2, -0.15) is 0 Å². The zero-order chi connectivity index (χ0) is 14.5. The van der Waals surface area contributed by atoms with Crippen molar-refractivity contribution in [3.05, 3.63) is 33.8 Å². The molecule has 19 heavy (non-hydrogen) atoms. The molecule has 0 atom stereocenters. The fraction of sp³-hybridized carbons (Fsp3) is 0.533. The molecule has 0 unspecified atom stereocenters. The molecular formula is C15H21BrClNO. The van der Waals surface area contributed by atoms with Gasteiger partial charge in [0, 0.05) is 22.5 Å². The largest absolute Gasteiger partial charge is 0.352 e. The first-order valence-electron chi connectivity index (χ1n) is 6.46. The number of aryl methyl sites for hydroxylation is 1. The van der Waals surface area contributed by atoms with E-state index in [0.717, 1.165) is 22.9 Å². The van der Waals surface area contributed by atoms with Gasteiger partial charge in [0.25, 0.3) is 5.91 Å². The topological polar surface area (TPSA) is 29.1 Å². The molecule has 2 nitrogen and oxygen atoms in total. The van der Waals surface area contributed by atoms with Crippen LogP contribution in [0.15, 0.2) is 22.7 Å². The van der Waals surface area contributed by atoms with Gasteiger partial charge in [-0.15, -0.1) is 11.6 Å². The van der Waals surface area contributed by atoms with Gasteiger partial charge in [-0.3, -0.25) is 4.79 Å². The van der Waals surface area contributed by atoms with Crippen LogP contribution < -0.4 is 5.32 Å². The van der Waals surface area contributed by atoms with Gasteiger partial charge in [-0.25, -0.2) is 0 Å². The van der Waals surface area contributed by atoms with E-state index in [1.54, 1.807) is 0 Å². The smallest absolute Gasteiger partial charge is 0.251 e. The van der Waals surface area contributed by atoms with Gasteiger partial charge in [0.05, 0.1) is 0 Å². The highest BCUT2D eigenvalue weighted by molar-refractivity contribution is 9.10. The van der Waals surface area contributed by atoms with E-state index in [1.807, 2.05) is 25.1 Å². The number of amides is 1. The lowest BCUT2D eigenvalue weighted by atomic mass is 9.88. The molecule has 4 heteroatoms. The van der Waals surface area contributed by atoms with Gasteiger partial charge in [0.2, 0.25) is 0 Å². The van der Waals surface area contributed by atoms with Crippen LogP contribution in [0.5, 0.6) is 0 Å². The van der Waals surface area contributed by atoms with Crippen molar-refractivity contribution in [2.45, 2.75) is 33.6 Å². The van der Waals surface area contributed by atoms with Crippen molar-refractivity contribution in [1.29, 1.82) is 0 Å². The van der Waals surface area contributed by atoms with E-state index < -0.39 is 0 Å². The van der Waals surface area contributed by atoms with Crippen LogP contribution in [0.4, 0.5) is 0 Å². The Morgan fingerprint density at radius 1 is 1.42 bits per heavy atom. The number of nitrogens with one attached hydrogen (secondary N) is 1. The molecule has 1 amide bonds. The Morgan fingerprint density at radius 3 is 2.68 bits per heavy atom. The molecule has 0 aliphatic carbocycles. The van der Waals surface area contributed by atoms with Gasteiger partial charge in [0.15, 0.2) is 0 Å². The summed E-state index contributed by atoms with van der Waals surface area (Å²) in [6, 6.07) is 5.65. The van der Waals surface area contributed by atoms with Crippen molar-refractivity contribution in [1.82, 2.24) is 5.32 Å². The van der Waals surface area contributed by atoms with E-state index in [1.165, 1.54) is 0 Å². The first-order valence-corrected chi connectivity index (χ1v) is 7.79. The third-order valence-electron chi connectivity index (χ3n) is 3.15. The van der Waals surface area contributed by atoms with Crippen LogP contribution >= 0.6 is 27.5 Å². The molecule has 0 spiro atoms. The van der Waals surface area contributed by atoms with Crippen LogP contribution in [-0.4, -0.2) is 18.3 Å². The maximum absolute atomic E-state index is 12.1. The molecule has 0 aliphatic heterocycles. The molecule has 0 aromatic heterocycles. The SMILES string of the molecule is Cc1ccc(C(=O)NCC(C)(C)CCCCl)cc1Br. The number of hydrogen-bond acceptors (Lipinski definition) is 1. The number of benzene rings is 1.